The van der Waals surface area contributed by atoms with Crippen LogP contribution in [0.25, 0.3) is 11.1 Å². The highest BCUT2D eigenvalue weighted by Crippen LogP contribution is 2.57. The highest BCUT2D eigenvalue weighted by molar-refractivity contribution is 5.99. The summed E-state index contributed by atoms with van der Waals surface area (Å²) in [5.74, 6) is 0.812. The molecule has 3 aliphatic rings. The molecular weight excluding hydrogens is 410 g/mol. The van der Waals surface area contributed by atoms with E-state index in [-0.39, 0.29) is 11.8 Å². The fraction of sp³-hybridized carbons (Fsp3) is 0.440. The number of rotatable bonds is 8. The van der Waals surface area contributed by atoms with Gasteiger partial charge in [-0.1, -0.05) is 12.5 Å². The molecule has 2 fully saturated rings. The number of hydrogen-bond donors (Lipinski definition) is 2. The van der Waals surface area contributed by atoms with Crippen LogP contribution in [0.4, 0.5) is 0 Å². The molecule has 0 aromatic heterocycles. The van der Waals surface area contributed by atoms with Crippen LogP contribution in [-0.4, -0.2) is 37.3 Å². The molecule has 2 N–H and O–H groups in total. The summed E-state index contributed by atoms with van der Waals surface area (Å²) in [6.45, 7) is 0.484. The number of carboxylic acids is 1. The molecular formula is C25H27NO6. The van der Waals surface area contributed by atoms with Gasteiger partial charge in [-0.25, -0.2) is 0 Å². The van der Waals surface area contributed by atoms with E-state index in [0.717, 1.165) is 36.0 Å². The number of ether oxygens (including phenoxy) is 3. The van der Waals surface area contributed by atoms with E-state index in [1.54, 1.807) is 14.2 Å². The number of carboxylic acid groups (broad SMARTS) is 1. The standard InChI is InChI=1S/C25H27NO6/c1-30-19-9-8-17(15-6-7-18-16(12-15)13-26-23(18)27)20(21(19)31-2)32-22(14-4-3-5-14)25(10-11-25)24(28)29/h6-9,12,14,22H,3-5,10-11,13H2,1-2H3,(H,26,27)(H,28,29). The Morgan fingerprint density at radius 3 is 2.44 bits per heavy atom. The summed E-state index contributed by atoms with van der Waals surface area (Å²) in [4.78, 5) is 24.2. The third-order valence-corrected chi connectivity index (χ3v) is 7.18. The number of methoxy groups -OCH3 is 2. The minimum absolute atomic E-state index is 0.0717. The first-order valence-electron chi connectivity index (χ1n) is 11.0. The number of hydrogen-bond acceptors (Lipinski definition) is 5. The summed E-state index contributed by atoms with van der Waals surface area (Å²) in [5, 5.41) is 12.8. The number of aliphatic carboxylic acids is 1. The molecule has 7 nitrogen and oxygen atoms in total. The first kappa shape index (κ1) is 20.7. The molecule has 1 aliphatic heterocycles. The van der Waals surface area contributed by atoms with E-state index in [9.17, 15) is 14.7 Å². The van der Waals surface area contributed by atoms with Crippen molar-refractivity contribution in [2.24, 2.45) is 11.3 Å². The SMILES string of the molecule is COc1ccc(-c2ccc3c(c2)CNC3=O)c(OC(C2CCC2)C2(C(=O)O)CC2)c1OC. The van der Waals surface area contributed by atoms with Crippen LogP contribution in [0.2, 0.25) is 0 Å². The van der Waals surface area contributed by atoms with E-state index >= 15 is 0 Å². The van der Waals surface area contributed by atoms with E-state index in [1.165, 1.54) is 0 Å². The minimum atomic E-state index is -0.843. The fourth-order valence-electron chi connectivity index (χ4n) is 4.93. The molecule has 0 saturated heterocycles. The molecule has 0 spiro atoms. The van der Waals surface area contributed by atoms with Gasteiger partial charge in [-0.15, -0.1) is 0 Å². The lowest BCUT2D eigenvalue weighted by molar-refractivity contribution is -0.149. The number of fused-ring (bicyclic) bond motifs is 1. The summed E-state index contributed by atoms with van der Waals surface area (Å²) in [7, 11) is 3.12. The number of carbonyl (C=O) groups excluding carboxylic acids is 1. The van der Waals surface area contributed by atoms with Gasteiger partial charge in [0.05, 0.1) is 14.2 Å². The van der Waals surface area contributed by atoms with Crippen molar-refractivity contribution >= 4 is 11.9 Å². The molecule has 7 heteroatoms. The highest BCUT2D eigenvalue weighted by atomic mass is 16.5. The lowest BCUT2D eigenvalue weighted by atomic mass is 9.75. The van der Waals surface area contributed by atoms with E-state index in [1.807, 2.05) is 30.3 Å². The summed E-state index contributed by atoms with van der Waals surface area (Å²) >= 11 is 0. The average Bonchev–Trinajstić information content (AvgIpc) is 3.50. The molecule has 2 aromatic carbocycles. The lowest BCUT2D eigenvalue weighted by Crippen LogP contribution is -2.43. The second kappa shape index (κ2) is 7.73. The van der Waals surface area contributed by atoms with Gasteiger partial charge in [-0.2, -0.15) is 0 Å². The zero-order valence-corrected chi connectivity index (χ0v) is 18.3. The average molecular weight is 437 g/mol. The van der Waals surface area contributed by atoms with Gasteiger partial charge < -0.3 is 24.6 Å². The van der Waals surface area contributed by atoms with Gasteiger partial charge in [0.1, 0.15) is 11.5 Å². The Morgan fingerprint density at radius 2 is 1.84 bits per heavy atom. The molecule has 2 aromatic rings. The monoisotopic (exact) mass is 437 g/mol. The number of benzene rings is 2. The van der Waals surface area contributed by atoms with E-state index in [0.29, 0.717) is 42.2 Å². The molecule has 1 unspecified atom stereocenters. The van der Waals surface area contributed by atoms with Crippen molar-refractivity contribution in [3.63, 3.8) is 0 Å². The lowest BCUT2D eigenvalue weighted by Gasteiger charge is -2.38. The zero-order valence-electron chi connectivity index (χ0n) is 18.3. The van der Waals surface area contributed by atoms with Crippen LogP contribution < -0.4 is 19.5 Å². The molecule has 168 valence electrons. The van der Waals surface area contributed by atoms with Crippen molar-refractivity contribution in [1.29, 1.82) is 0 Å². The molecule has 32 heavy (non-hydrogen) atoms. The van der Waals surface area contributed by atoms with E-state index < -0.39 is 17.5 Å². The summed E-state index contributed by atoms with van der Waals surface area (Å²) < 4.78 is 17.8. The number of nitrogens with one attached hydrogen (secondary N) is 1. The van der Waals surface area contributed by atoms with Crippen molar-refractivity contribution in [2.45, 2.75) is 44.8 Å². The third kappa shape index (κ3) is 3.18. The van der Waals surface area contributed by atoms with Crippen molar-refractivity contribution < 1.29 is 28.9 Å². The van der Waals surface area contributed by atoms with Gasteiger partial charge in [-0.05, 0) is 67.0 Å². The van der Waals surface area contributed by atoms with E-state index in [4.69, 9.17) is 14.2 Å². The van der Waals surface area contributed by atoms with Crippen LogP contribution in [0.5, 0.6) is 17.2 Å². The molecule has 0 radical (unpaired) electrons. The zero-order chi connectivity index (χ0) is 22.5. The van der Waals surface area contributed by atoms with Gasteiger partial charge in [-0.3, -0.25) is 9.59 Å². The van der Waals surface area contributed by atoms with E-state index in [2.05, 4.69) is 5.32 Å². The van der Waals surface area contributed by atoms with Crippen molar-refractivity contribution in [2.75, 3.05) is 14.2 Å². The van der Waals surface area contributed by atoms with Crippen LogP contribution >= 0.6 is 0 Å². The molecule has 2 saturated carbocycles. The van der Waals surface area contributed by atoms with Gasteiger partial charge in [0, 0.05) is 17.7 Å². The van der Waals surface area contributed by atoms with Crippen LogP contribution in [0.15, 0.2) is 30.3 Å². The second-order valence-corrected chi connectivity index (χ2v) is 8.92. The van der Waals surface area contributed by atoms with Crippen LogP contribution in [-0.2, 0) is 11.3 Å². The normalized spacial score (nSPS) is 19.4. The maximum atomic E-state index is 12.2. The van der Waals surface area contributed by atoms with Crippen LogP contribution in [0.3, 0.4) is 0 Å². The molecule has 2 aliphatic carbocycles. The quantitative estimate of drug-likeness (QED) is 0.648. The first-order valence-corrected chi connectivity index (χ1v) is 11.0. The summed E-state index contributed by atoms with van der Waals surface area (Å²) in [5.41, 5.74) is 2.42. The van der Waals surface area contributed by atoms with Gasteiger partial charge in [0.15, 0.2) is 11.5 Å². The molecule has 1 amide bonds. The smallest absolute Gasteiger partial charge is 0.313 e. The Kier molecular flexibility index (Phi) is 4.99. The highest BCUT2D eigenvalue weighted by Gasteiger charge is 2.60. The first-order chi connectivity index (χ1) is 15.5. The predicted octanol–water partition coefficient (Wildman–Crippen LogP) is 4.03. The number of carbonyl (C=O) groups is 2. The minimum Gasteiger partial charge on any atom is -0.493 e. The predicted molar refractivity (Wildman–Crippen MR) is 117 cm³/mol. The Morgan fingerprint density at radius 1 is 1.09 bits per heavy atom. The Balaban J connectivity index is 1.62. The Hall–Kier alpha value is -3.22. The largest absolute Gasteiger partial charge is 0.493 e. The van der Waals surface area contributed by atoms with Gasteiger partial charge >= 0.3 is 5.97 Å². The van der Waals surface area contributed by atoms with Crippen LogP contribution in [0, 0.1) is 11.3 Å². The Labute approximate surface area is 186 Å². The number of amides is 1. The maximum Gasteiger partial charge on any atom is 0.313 e. The van der Waals surface area contributed by atoms with Crippen molar-refractivity contribution in [1.82, 2.24) is 5.32 Å². The summed E-state index contributed by atoms with van der Waals surface area (Å²) in [6, 6.07) is 9.40. The van der Waals surface area contributed by atoms with Crippen molar-refractivity contribution in [3.8, 4) is 28.4 Å². The van der Waals surface area contributed by atoms with Crippen molar-refractivity contribution in [3.05, 3.63) is 41.5 Å². The van der Waals surface area contributed by atoms with Gasteiger partial charge in [0.2, 0.25) is 5.75 Å². The fourth-order valence-corrected chi connectivity index (χ4v) is 4.93. The molecule has 0 bridgehead atoms. The molecule has 1 heterocycles. The van der Waals surface area contributed by atoms with Crippen LogP contribution in [0.1, 0.15) is 48.0 Å². The Bertz CT molecular complexity index is 1090. The maximum absolute atomic E-state index is 12.2. The van der Waals surface area contributed by atoms with Gasteiger partial charge in [0.25, 0.3) is 5.91 Å². The third-order valence-electron chi connectivity index (χ3n) is 7.18. The summed E-state index contributed by atoms with van der Waals surface area (Å²) in [6.07, 6.45) is 3.84. The molecule has 1 atom stereocenters. The topological polar surface area (TPSA) is 94.1 Å². The molecule has 5 rings (SSSR count). The second-order valence-electron chi connectivity index (χ2n) is 8.92.